The number of nitrogens with zero attached hydrogens (tertiary/aromatic N) is 7. The van der Waals surface area contributed by atoms with Crippen molar-refractivity contribution in [1.29, 1.82) is 0 Å². The molecule has 5 rings (SSSR count). The summed E-state index contributed by atoms with van der Waals surface area (Å²) in [5.41, 5.74) is 7.94. The molecule has 180 valence electrons. The number of aliphatic imine (C=N–C) groups is 1. The molecule has 5 aromatic rings. The van der Waals surface area contributed by atoms with Crippen molar-refractivity contribution in [2.45, 2.75) is 13.5 Å². The fourth-order valence-electron chi connectivity index (χ4n) is 3.54. The lowest BCUT2D eigenvalue weighted by Gasteiger charge is -2.10. The lowest BCUT2D eigenvalue weighted by molar-refractivity contribution is 0.0967. The Balaban J connectivity index is 1.41. The van der Waals surface area contributed by atoms with Crippen LogP contribution in [0.3, 0.4) is 0 Å². The van der Waals surface area contributed by atoms with Gasteiger partial charge in [-0.1, -0.05) is 23.4 Å². The van der Waals surface area contributed by atoms with E-state index in [2.05, 4.69) is 35.7 Å². The maximum atomic E-state index is 12.4. The number of hydrogen-bond donors (Lipinski definition) is 2. The van der Waals surface area contributed by atoms with Crippen LogP contribution in [0.25, 0.3) is 27.9 Å². The fraction of sp³-hybridized carbons (Fsp3) is 0.125. The smallest absolute Gasteiger partial charge is 0.257 e. The van der Waals surface area contributed by atoms with E-state index < -0.39 is 0 Å². The van der Waals surface area contributed by atoms with Gasteiger partial charge in [0.05, 0.1) is 17.0 Å². The Morgan fingerprint density at radius 2 is 2.06 bits per heavy atom. The maximum absolute atomic E-state index is 12.4. The lowest BCUT2D eigenvalue weighted by atomic mass is 10.2. The number of amides is 1. The van der Waals surface area contributed by atoms with Crippen LogP contribution in [0.1, 0.15) is 21.8 Å². The van der Waals surface area contributed by atoms with Gasteiger partial charge in [-0.05, 0) is 25.1 Å². The zero-order chi connectivity index (χ0) is 25.1. The molecule has 0 saturated heterocycles. The number of fused-ring (bicyclic) bond motifs is 3. The second kappa shape index (κ2) is 9.62. The van der Waals surface area contributed by atoms with E-state index >= 15 is 0 Å². The normalized spacial score (nSPS) is 12.0. The first-order valence-corrected chi connectivity index (χ1v) is 10.9. The largest absolute Gasteiger partial charge is 0.470 e. The second-order valence-electron chi connectivity index (χ2n) is 7.72. The Morgan fingerprint density at radius 3 is 2.75 bits per heavy atom. The van der Waals surface area contributed by atoms with Gasteiger partial charge in [0.1, 0.15) is 12.4 Å². The summed E-state index contributed by atoms with van der Waals surface area (Å²) >= 11 is 0. The van der Waals surface area contributed by atoms with Crippen molar-refractivity contribution in [1.82, 2.24) is 35.3 Å². The summed E-state index contributed by atoms with van der Waals surface area (Å²) in [5, 5.41) is 21.5. The molecule has 36 heavy (non-hydrogen) atoms. The highest BCUT2D eigenvalue weighted by Gasteiger charge is 2.18. The van der Waals surface area contributed by atoms with Crippen LogP contribution < -0.4 is 15.8 Å². The number of carbonyl (C=O) groups is 1. The van der Waals surface area contributed by atoms with Crippen molar-refractivity contribution >= 4 is 28.5 Å². The van der Waals surface area contributed by atoms with Gasteiger partial charge in [0.15, 0.2) is 11.3 Å². The molecule has 0 fully saturated rings. The molecule has 0 aliphatic carbocycles. The minimum absolute atomic E-state index is 0.126. The Bertz CT molecular complexity index is 1620. The molecule has 12 nitrogen and oxygen atoms in total. The van der Waals surface area contributed by atoms with E-state index in [1.165, 1.54) is 18.6 Å². The molecule has 4 heterocycles. The van der Waals surface area contributed by atoms with Crippen LogP contribution in [0.5, 0.6) is 5.88 Å². The summed E-state index contributed by atoms with van der Waals surface area (Å²) in [6.07, 6.45) is 4.18. The average Bonchev–Trinajstić information content (AvgIpc) is 3.53. The fourth-order valence-corrected chi connectivity index (χ4v) is 3.54. The van der Waals surface area contributed by atoms with Crippen LogP contribution >= 0.6 is 0 Å². The van der Waals surface area contributed by atoms with Gasteiger partial charge in [0.2, 0.25) is 11.7 Å². The molecule has 0 aliphatic heterocycles. The van der Waals surface area contributed by atoms with Crippen molar-refractivity contribution < 1.29 is 14.1 Å². The molecule has 0 unspecified atom stereocenters. The van der Waals surface area contributed by atoms with Crippen LogP contribution in [0.15, 0.2) is 70.1 Å². The zero-order valence-corrected chi connectivity index (χ0v) is 19.4. The number of allylic oxidation sites excluding steroid dienone is 1. The highest BCUT2D eigenvalue weighted by molar-refractivity contribution is 5.98. The van der Waals surface area contributed by atoms with Crippen LogP contribution in [0.4, 0.5) is 0 Å². The van der Waals surface area contributed by atoms with Crippen LogP contribution in [0, 0.1) is 6.92 Å². The Morgan fingerprint density at radius 1 is 1.22 bits per heavy atom. The van der Waals surface area contributed by atoms with E-state index in [1.54, 1.807) is 36.7 Å². The topological polar surface area (TPSA) is 159 Å². The van der Waals surface area contributed by atoms with Crippen LogP contribution in [0.2, 0.25) is 0 Å². The van der Waals surface area contributed by atoms with Crippen molar-refractivity contribution in [3.05, 3.63) is 77.6 Å². The molecule has 0 atom stereocenters. The SMILES string of the molecule is CN=CC(=CN)NC(=O)c1ccc(COc2nn3c(-c4cc(C)on4)nnc3c3ccccc23)nc1. The van der Waals surface area contributed by atoms with E-state index in [9.17, 15) is 4.79 Å². The average molecular weight is 483 g/mol. The highest BCUT2D eigenvalue weighted by Crippen LogP contribution is 2.29. The summed E-state index contributed by atoms with van der Waals surface area (Å²) in [5.74, 6) is 1.11. The van der Waals surface area contributed by atoms with Crippen molar-refractivity contribution in [2.24, 2.45) is 10.7 Å². The lowest BCUT2D eigenvalue weighted by Crippen LogP contribution is -2.24. The molecule has 12 heteroatoms. The van der Waals surface area contributed by atoms with Crippen molar-refractivity contribution in [3.8, 4) is 17.4 Å². The summed E-state index contributed by atoms with van der Waals surface area (Å²) in [7, 11) is 1.58. The van der Waals surface area contributed by atoms with Gasteiger partial charge in [-0.25, -0.2) is 0 Å². The molecule has 0 saturated carbocycles. The molecule has 0 bridgehead atoms. The summed E-state index contributed by atoms with van der Waals surface area (Å²) < 4.78 is 12.8. The first kappa shape index (κ1) is 22.7. The molecule has 1 amide bonds. The number of hydrogen-bond acceptors (Lipinski definition) is 10. The molecule has 0 spiro atoms. The zero-order valence-electron chi connectivity index (χ0n) is 19.4. The van der Waals surface area contributed by atoms with Crippen LogP contribution in [-0.4, -0.2) is 49.1 Å². The minimum atomic E-state index is -0.354. The number of pyridine rings is 1. The predicted molar refractivity (Wildman–Crippen MR) is 131 cm³/mol. The molecule has 1 aromatic carbocycles. The van der Waals surface area contributed by atoms with Crippen molar-refractivity contribution in [2.75, 3.05) is 7.05 Å². The summed E-state index contributed by atoms with van der Waals surface area (Å²) in [4.78, 5) is 20.6. The Kier molecular flexibility index (Phi) is 6.05. The molecule has 4 aromatic heterocycles. The number of nitrogens with one attached hydrogen (secondary N) is 1. The second-order valence-corrected chi connectivity index (χ2v) is 7.72. The number of benzene rings is 1. The Hall–Kier alpha value is -5.13. The van der Waals surface area contributed by atoms with Gasteiger partial charge in [0, 0.05) is 42.5 Å². The van der Waals surface area contributed by atoms with E-state index in [0.29, 0.717) is 45.8 Å². The highest BCUT2D eigenvalue weighted by atomic mass is 16.5. The van der Waals surface area contributed by atoms with Gasteiger partial charge in [-0.2, -0.15) is 4.52 Å². The number of nitrogens with two attached hydrogens (primary N) is 1. The third-order valence-electron chi connectivity index (χ3n) is 5.24. The third-order valence-corrected chi connectivity index (χ3v) is 5.24. The van der Waals surface area contributed by atoms with E-state index in [1.807, 2.05) is 24.3 Å². The number of aromatic nitrogens is 6. The number of aryl methyl sites for hydroxylation is 1. The molecular formula is C24H21N9O3. The van der Waals surface area contributed by atoms with E-state index in [4.69, 9.17) is 15.0 Å². The number of carbonyl (C=O) groups excluding carboxylic acids is 1. The molecular weight excluding hydrogens is 462 g/mol. The van der Waals surface area contributed by atoms with Crippen molar-refractivity contribution in [3.63, 3.8) is 0 Å². The Labute approximate surface area is 204 Å². The van der Waals surface area contributed by atoms with E-state index in [-0.39, 0.29) is 12.5 Å². The minimum Gasteiger partial charge on any atom is -0.470 e. The van der Waals surface area contributed by atoms with Gasteiger partial charge in [-0.15, -0.1) is 15.3 Å². The number of ether oxygens (including phenoxy) is 1. The summed E-state index contributed by atoms with van der Waals surface area (Å²) in [6.45, 7) is 1.92. The maximum Gasteiger partial charge on any atom is 0.257 e. The predicted octanol–water partition coefficient (Wildman–Crippen LogP) is 2.45. The first-order chi connectivity index (χ1) is 17.6. The number of rotatable bonds is 7. The van der Waals surface area contributed by atoms with Crippen LogP contribution in [-0.2, 0) is 6.61 Å². The standard InChI is InChI=1S/C24H21N9O3/c1-14-9-20(32-36-14)22-30-29-21-18-5-3-4-6-19(18)24(31-33(21)22)35-13-16-8-7-15(11-27-16)23(34)28-17(10-25)12-26-2/h3-12H,13,25H2,1-2H3,(H,28,34). The van der Waals surface area contributed by atoms with Gasteiger partial charge in [0.25, 0.3) is 5.91 Å². The summed E-state index contributed by atoms with van der Waals surface area (Å²) in [6, 6.07) is 12.7. The van der Waals surface area contributed by atoms with Gasteiger partial charge >= 0.3 is 0 Å². The molecule has 0 radical (unpaired) electrons. The van der Waals surface area contributed by atoms with Gasteiger partial charge in [-0.3, -0.25) is 14.8 Å². The third kappa shape index (κ3) is 4.34. The molecule has 0 aliphatic rings. The first-order valence-electron chi connectivity index (χ1n) is 10.9. The monoisotopic (exact) mass is 483 g/mol. The van der Waals surface area contributed by atoms with E-state index in [0.717, 1.165) is 10.8 Å². The van der Waals surface area contributed by atoms with Gasteiger partial charge < -0.3 is 20.3 Å². The molecule has 3 N–H and O–H groups in total. The quantitative estimate of drug-likeness (QED) is 0.332.